The van der Waals surface area contributed by atoms with Crippen LogP contribution in [0.4, 0.5) is 5.69 Å². The summed E-state index contributed by atoms with van der Waals surface area (Å²) in [6.45, 7) is 1.25. The van der Waals surface area contributed by atoms with E-state index in [1.807, 2.05) is 0 Å². The molecule has 0 unspecified atom stereocenters. The molecular weight excluding hydrogens is 310 g/mol. The largest absolute Gasteiger partial charge is 0.490 e. The maximum absolute atomic E-state index is 12.2. The normalized spacial score (nSPS) is 18.3. The summed E-state index contributed by atoms with van der Waals surface area (Å²) in [6, 6.07) is 3.91. The van der Waals surface area contributed by atoms with Crippen LogP contribution >= 0.6 is 0 Å². The third kappa shape index (κ3) is 3.93. The van der Waals surface area contributed by atoms with E-state index in [2.05, 4.69) is 10.0 Å². The van der Waals surface area contributed by atoms with Gasteiger partial charge in [-0.3, -0.25) is 10.1 Å². The number of hydrogen-bond acceptors (Lipinski definition) is 6. The lowest BCUT2D eigenvalue weighted by atomic mass is 10.2. The molecule has 1 fully saturated rings. The first-order chi connectivity index (χ1) is 10.4. The van der Waals surface area contributed by atoms with Gasteiger partial charge < -0.3 is 10.1 Å². The van der Waals surface area contributed by atoms with Gasteiger partial charge in [-0.25, -0.2) is 13.1 Å². The molecular formula is C13H19N3O5S. The maximum atomic E-state index is 12.2. The minimum atomic E-state index is -3.77. The lowest BCUT2D eigenvalue weighted by molar-refractivity contribution is -0.386. The number of ether oxygens (including phenoxy) is 1. The number of nitro benzene ring substituents is 1. The summed E-state index contributed by atoms with van der Waals surface area (Å²) in [7, 11) is -2.48. The van der Waals surface area contributed by atoms with Crippen LogP contribution in [0.2, 0.25) is 0 Å². The van der Waals surface area contributed by atoms with E-state index in [0.29, 0.717) is 19.0 Å². The molecule has 0 spiro atoms. The van der Waals surface area contributed by atoms with E-state index in [-0.39, 0.29) is 16.3 Å². The maximum Gasteiger partial charge on any atom is 0.312 e. The van der Waals surface area contributed by atoms with Crippen LogP contribution in [0.5, 0.6) is 5.75 Å². The van der Waals surface area contributed by atoms with Crippen LogP contribution in [0.25, 0.3) is 0 Å². The zero-order valence-electron chi connectivity index (χ0n) is 12.2. The van der Waals surface area contributed by atoms with Crippen molar-refractivity contribution in [3.8, 4) is 5.75 Å². The zero-order chi connectivity index (χ0) is 16.2. The molecule has 0 amide bonds. The summed E-state index contributed by atoms with van der Waals surface area (Å²) in [5, 5.41) is 14.2. The first kappa shape index (κ1) is 16.7. The molecule has 2 rings (SSSR count). The van der Waals surface area contributed by atoms with Gasteiger partial charge in [0.15, 0.2) is 5.75 Å². The molecule has 1 aromatic carbocycles. The van der Waals surface area contributed by atoms with Gasteiger partial charge in [0.1, 0.15) is 0 Å². The van der Waals surface area contributed by atoms with Gasteiger partial charge in [0.05, 0.1) is 16.9 Å². The highest BCUT2D eigenvalue weighted by molar-refractivity contribution is 7.89. The zero-order valence-corrected chi connectivity index (χ0v) is 13.1. The molecule has 0 radical (unpaired) electrons. The predicted molar refractivity (Wildman–Crippen MR) is 80.5 cm³/mol. The second-order valence-electron chi connectivity index (χ2n) is 5.07. The van der Waals surface area contributed by atoms with Crippen LogP contribution in [-0.2, 0) is 10.0 Å². The van der Waals surface area contributed by atoms with Gasteiger partial charge in [0.25, 0.3) is 0 Å². The molecule has 122 valence electrons. The van der Waals surface area contributed by atoms with Crippen molar-refractivity contribution in [3.63, 3.8) is 0 Å². The molecule has 8 nitrogen and oxygen atoms in total. The third-order valence-corrected chi connectivity index (χ3v) is 5.06. The summed E-state index contributed by atoms with van der Waals surface area (Å²) in [6.07, 6.45) is 2.83. The van der Waals surface area contributed by atoms with E-state index in [1.54, 1.807) is 0 Å². The second-order valence-corrected chi connectivity index (χ2v) is 6.84. The number of methoxy groups -OCH3 is 1. The fraction of sp³-hybridized carbons (Fsp3) is 0.538. The van der Waals surface area contributed by atoms with Crippen molar-refractivity contribution in [1.29, 1.82) is 0 Å². The van der Waals surface area contributed by atoms with E-state index in [0.717, 1.165) is 25.5 Å². The van der Waals surface area contributed by atoms with Crippen LogP contribution in [0, 0.1) is 10.1 Å². The first-order valence-electron chi connectivity index (χ1n) is 6.99. The highest BCUT2D eigenvalue weighted by atomic mass is 32.2. The molecule has 1 aromatic rings. The summed E-state index contributed by atoms with van der Waals surface area (Å²) in [5.74, 6) is 0.0269. The Hall–Kier alpha value is -1.71. The van der Waals surface area contributed by atoms with Crippen LogP contribution < -0.4 is 14.8 Å². The highest BCUT2D eigenvalue weighted by Gasteiger charge is 2.22. The number of sulfonamides is 1. The smallest absolute Gasteiger partial charge is 0.312 e. The molecule has 0 aromatic heterocycles. The Labute approximate surface area is 129 Å². The van der Waals surface area contributed by atoms with Crippen molar-refractivity contribution in [2.75, 3.05) is 20.2 Å². The minimum Gasteiger partial charge on any atom is -0.490 e. The molecule has 1 aliphatic heterocycles. The number of benzene rings is 1. The Morgan fingerprint density at radius 1 is 1.50 bits per heavy atom. The number of rotatable bonds is 7. The Morgan fingerprint density at radius 3 is 2.86 bits per heavy atom. The Bertz CT molecular complexity index is 641. The molecule has 1 atom stereocenters. The van der Waals surface area contributed by atoms with Crippen molar-refractivity contribution >= 4 is 15.7 Å². The lowest BCUT2D eigenvalue weighted by Gasteiger charge is -2.11. The van der Waals surface area contributed by atoms with E-state index in [1.165, 1.54) is 19.2 Å². The minimum absolute atomic E-state index is 0.0269. The van der Waals surface area contributed by atoms with Crippen molar-refractivity contribution < 1.29 is 18.1 Å². The lowest BCUT2D eigenvalue weighted by Crippen LogP contribution is -2.30. The number of nitrogens with zero attached hydrogens (tertiary/aromatic N) is 1. The topological polar surface area (TPSA) is 111 Å². The van der Waals surface area contributed by atoms with Crippen molar-refractivity contribution in [2.45, 2.75) is 30.2 Å². The van der Waals surface area contributed by atoms with Crippen molar-refractivity contribution in [1.82, 2.24) is 10.0 Å². The summed E-state index contributed by atoms with van der Waals surface area (Å²) in [4.78, 5) is 10.1. The van der Waals surface area contributed by atoms with Crippen molar-refractivity contribution in [2.24, 2.45) is 0 Å². The summed E-state index contributed by atoms with van der Waals surface area (Å²) in [5.41, 5.74) is -0.372. The summed E-state index contributed by atoms with van der Waals surface area (Å²) < 4.78 is 31.7. The van der Waals surface area contributed by atoms with Crippen LogP contribution in [0.1, 0.15) is 19.3 Å². The predicted octanol–water partition coefficient (Wildman–Crippen LogP) is 1.02. The average molecular weight is 329 g/mol. The van der Waals surface area contributed by atoms with Gasteiger partial charge in [-0.05, 0) is 37.9 Å². The molecule has 1 aliphatic rings. The fourth-order valence-electron chi connectivity index (χ4n) is 2.43. The van der Waals surface area contributed by atoms with Crippen molar-refractivity contribution in [3.05, 3.63) is 28.3 Å². The van der Waals surface area contributed by atoms with Gasteiger partial charge >= 0.3 is 5.69 Å². The van der Waals surface area contributed by atoms with Gasteiger partial charge in [0, 0.05) is 18.7 Å². The SMILES string of the molecule is COc1ccc(S(=O)(=O)NCC[C@H]2CCCN2)cc1[N+](=O)[O-]. The van der Waals surface area contributed by atoms with Gasteiger partial charge in [-0.15, -0.1) is 0 Å². The number of nitrogens with one attached hydrogen (secondary N) is 2. The Kier molecular flexibility index (Phi) is 5.33. The molecule has 0 bridgehead atoms. The van der Waals surface area contributed by atoms with Gasteiger partial charge in [0.2, 0.25) is 10.0 Å². The number of hydrogen-bond donors (Lipinski definition) is 2. The molecule has 1 heterocycles. The average Bonchev–Trinajstić information content (AvgIpc) is 2.99. The third-order valence-electron chi connectivity index (χ3n) is 3.60. The molecule has 0 aliphatic carbocycles. The molecule has 1 saturated heterocycles. The summed E-state index contributed by atoms with van der Waals surface area (Å²) >= 11 is 0. The monoisotopic (exact) mass is 329 g/mol. The fourth-order valence-corrected chi connectivity index (χ4v) is 3.50. The van der Waals surface area contributed by atoms with Crippen LogP contribution in [-0.4, -0.2) is 39.6 Å². The van der Waals surface area contributed by atoms with E-state index in [9.17, 15) is 18.5 Å². The Balaban J connectivity index is 2.07. The molecule has 0 saturated carbocycles. The van der Waals surface area contributed by atoms with Gasteiger partial charge in [-0.2, -0.15) is 0 Å². The van der Waals surface area contributed by atoms with E-state index < -0.39 is 14.9 Å². The van der Waals surface area contributed by atoms with E-state index in [4.69, 9.17) is 4.74 Å². The first-order valence-corrected chi connectivity index (χ1v) is 8.48. The standard InChI is InChI=1S/C13H19N3O5S/c1-21-13-5-4-11(9-12(13)16(17)18)22(19,20)15-8-6-10-3-2-7-14-10/h4-5,9-10,14-15H,2-3,6-8H2,1H3/t10-/m1/s1. The van der Waals surface area contributed by atoms with Crippen LogP contribution in [0.3, 0.4) is 0 Å². The molecule has 22 heavy (non-hydrogen) atoms. The van der Waals surface area contributed by atoms with Gasteiger partial charge in [-0.1, -0.05) is 0 Å². The second kappa shape index (κ2) is 7.03. The number of nitro groups is 1. The highest BCUT2D eigenvalue weighted by Crippen LogP contribution is 2.29. The molecule has 9 heteroatoms. The quantitative estimate of drug-likeness (QED) is 0.571. The van der Waals surface area contributed by atoms with E-state index >= 15 is 0 Å². The Morgan fingerprint density at radius 2 is 2.27 bits per heavy atom. The van der Waals surface area contributed by atoms with Crippen LogP contribution in [0.15, 0.2) is 23.1 Å². The molecule has 2 N–H and O–H groups in total.